The van der Waals surface area contributed by atoms with E-state index in [1.54, 1.807) is 35.8 Å². The quantitative estimate of drug-likeness (QED) is 0.311. The van der Waals surface area contributed by atoms with Crippen LogP contribution in [-0.4, -0.2) is 69.4 Å². The molecule has 14 heteroatoms. The largest absolute Gasteiger partial charge is 0.573 e. The van der Waals surface area contributed by atoms with Crippen molar-refractivity contribution in [2.24, 2.45) is 7.05 Å². The highest BCUT2D eigenvalue weighted by atomic mass is 35.5. The minimum atomic E-state index is -4.81. The van der Waals surface area contributed by atoms with Crippen molar-refractivity contribution in [3.63, 3.8) is 0 Å². The Balaban J connectivity index is 1.61. The van der Waals surface area contributed by atoms with Crippen LogP contribution in [0.4, 0.5) is 13.2 Å². The van der Waals surface area contributed by atoms with E-state index in [1.807, 2.05) is 19.0 Å². The number of benzene rings is 1. The second kappa shape index (κ2) is 12.1. The molecule has 0 bridgehead atoms. The van der Waals surface area contributed by atoms with E-state index in [-0.39, 0.29) is 49.2 Å². The third kappa shape index (κ3) is 7.40. The number of imidazole rings is 1. The number of aromatic nitrogens is 4. The molecule has 0 N–H and O–H groups in total. The van der Waals surface area contributed by atoms with Crippen LogP contribution >= 0.6 is 11.6 Å². The number of fused-ring (bicyclic) bond motifs is 1. The summed E-state index contributed by atoms with van der Waals surface area (Å²) < 4.78 is 57.8. The topological polar surface area (TPSA) is 92.8 Å². The van der Waals surface area contributed by atoms with Crippen molar-refractivity contribution >= 4 is 22.8 Å². The second-order valence-corrected chi connectivity index (χ2v) is 10.5. The first-order valence-electron chi connectivity index (χ1n) is 12.8. The number of nitrogens with zero attached hydrogens (tertiary/aromatic N) is 5. The van der Waals surface area contributed by atoms with Gasteiger partial charge in [0.1, 0.15) is 12.4 Å². The summed E-state index contributed by atoms with van der Waals surface area (Å²) in [7, 11) is 5.22. The molecule has 1 aliphatic rings. The van der Waals surface area contributed by atoms with Crippen LogP contribution < -0.4 is 16.0 Å². The summed E-state index contributed by atoms with van der Waals surface area (Å²) in [6.45, 7) is 2.47. The third-order valence-corrected chi connectivity index (χ3v) is 6.71. The van der Waals surface area contributed by atoms with E-state index in [0.717, 1.165) is 5.56 Å². The monoisotopic (exact) mass is 597 g/mol. The number of aryl methyl sites for hydroxylation is 1. The van der Waals surface area contributed by atoms with Gasteiger partial charge >= 0.3 is 12.1 Å². The Morgan fingerprint density at radius 1 is 1.12 bits per heavy atom. The molecule has 1 atom stereocenters. The normalized spacial score (nSPS) is 17.3. The van der Waals surface area contributed by atoms with Crippen LogP contribution in [0.1, 0.15) is 18.9 Å². The molecule has 0 unspecified atom stereocenters. The average molecular weight is 598 g/mol. The van der Waals surface area contributed by atoms with E-state index in [4.69, 9.17) is 21.1 Å². The number of hydrogen-bond donors (Lipinski definition) is 0. The van der Waals surface area contributed by atoms with E-state index in [1.165, 1.54) is 34.4 Å². The van der Waals surface area contributed by atoms with Crippen molar-refractivity contribution in [2.75, 3.05) is 33.9 Å². The van der Waals surface area contributed by atoms with Crippen LogP contribution in [0.15, 0.2) is 57.8 Å². The van der Waals surface area contributed by atoms with E-state index in [0.29, 0.717) is 18.0 Å². The van der Waals surface area contributed by atoms with Gasteiger partial charge in [0, 0.05) is 25.2 Å². The van der Waals surface area contributed by atoms with Gasteiger partial charge in [0.15, 0.2) is 11.2 Å². The molecule has 0 saturated heterocycles. The summed E-state index contributed by atoms with van der Waals surface area (Å²) >= 11 is 6.04. The first-order chi connectivity index (χ1) is 19.3. The Kier molecular flexibility index (Phi) is 9.00. The molecule has 0 radical (unpaired) electrons. The van der Waals surface area contributed by atoms with Gasteiger partial charge in [-0.15, -0.1) is 13.2 Å². The summed E-state index contributed by atoms with van der Waals surface area (Å²) in [6.07, 6.45) is -0.436. The standard InChI is InChI=1S/C27H31ClF3N5O5/c1-26(11-5-6-20(16-26)41-27(29,30)31)40-15-14-39-24-32-22-21(36(24)17-18-7-9-19(28)10-8-18)23(37)35(13-12-33(2)3)25(38)34(22)4/h5-10,16H,11-15,17H2,1-4H3/t26-/m1/s1. The Morgan fingerprint density at radius 3 is 2.49 bits per heavy atom. The highest BCUT2D eigenvalue weighted by Crippen LogP contribution is 2.30. The first kappa shape index (κ1) is 30.4. The molecule has 2 heterocycles. The highest BCUT2D eigenvalue weighted by molar-refractivity contribution is 6.30. The van der Waals surface area contributed by atoms with Crippen LogP contribution in [0.5, 0.6) is 6.01 Å². The van der Waals surface area contributed by atoms with Gasteiger partial charge in [-0.3, -0.25) is 18.5 Å². The lowest BCUT2D eigenvalue weighted by molar-refractivity contribution is -0.303. The van der Waals surface area contributed by atoms with Crippen LogP contribution in [-0.2, 0) is 29.6 Å². The molecule has 4 rings (SSSR count). The molecule has 3 aromatic rings. The minimum absolute atomic E-state index is 0.00369. The van der Waals surface area contributed by atoms with Crippen LogP contribution in [0, 0.1) is 0 Å². The number of rotatable bonds is 11. The first-order valence-corrected chi connectivity index (χ1v) is 13.2. The number of hydrogen-bond acceptors (Lipinski definition) is 7. The lowest BCUT2D eigenvalue weighted by atomic mass is 9.96. The molecule has 41 heavy (non-hydrogen) atoms. The van der Waals surface area contributed by atoms with Crippen molar-refractivity contribution in [3.05, 3.63) is 79.7 Å². The molecule has 0 amide bonds. The lowest BCUT2D eigenvalue weighted by Gasteiger charge is -2.28. The Bertz CT molecular complexity index is 1570. The van der Waals surface area contributed by atoms with E-state index in [9.17, 15) is 22.8 Å². The third-order valence-electron chi connectivity index (χ3n) is 6.45. The predicted molar refractivity (Wildman–Crippen MR) is 147 cm³/mol. The van der Waals surface area contributed by atoms with Crippen molar-refractivity contribution in [1.82, 2.24) is 23.6 Å². The SMILES string of the molecule is CN(C)CCn1c(=O)c2c(nc(OCCO[C@@]3(C)C=C(OC(F)(F)F)C=CC3)n2Cc2ccc(Cl)cc2)n(C)c1=O. The van der Waals surface area contributed by atoms with E-state index in [2.05, 4.69) is 9.72 Å². The van der Waals surface area contributed by atoms with Gasteiger partial charge in [-0.25, -0.2) is 4.79 Å². The Hall–Kier alpha value is -3.55. The van der Waals surface area contributed by atoms with Gasteiger partial charge in [-0.1, -0.05) is 29.8 Å². The molecule has 2 aromatic heterocycles. The Labute approximate surface area is 238 Å². The summed E-state index contributed by atoms with van der Waals surface area (Å²) in [5.41, 5.74) is -0.887. The molecular formula is C27H31ClF3N5O5. The van der Waals surface area contributed by atoms with Crippen molar-refractivity contribution in [3.8, 4) is 6.01 Å². The highest BCUT2D eigenvalue weighted by Gasteiger charge is 2.34. The van der Waals surface area contributed by atoms with Gasteiger partial charge < -0.3 is 19.1 Å². The fraction of sp³-hybridized carbons (Fsp3) is 0.444. The van der Waals surface area contributed by atoms with Crippen molar-refractivity contribution in [2.45, 2.75) is 38.4 Å². The Morgan fingerprint density at radius 2 is 1.83 bits per heavy atom. The zero-order valence-corrected chi connectivity index (χ0v) is 23.8. The van der Waals surface area contributed by atoms with E-state index >= 15 is 0 Å². The zero-order valence-electron chi connectivity index (χ0n) is 23.1. The molecule has 0 spiro atoms. The van der Waals surface area contributed by atoms with Gasteiger partial charge in [0.25, 0.3) is 11.6 Å². The number of halogens is 4. The summed E-state index contributed by atoms with van der Waals surface area (Å²) in [4.78, 5) is 32.9. The number of ether oxygens (including phenoxy) is 3. The van der Waals surface area contributed by atoms with Crippen LogP contribution in [0.25, 0.3) is 11.2 Å². The van der Waals surface area contributed by atoms with Gasteiger partial charge in [-0.2, -0.15) is 4.98 Å². The van der Waals surface area contributed by atoms with Crippen molar-refractivity contribution in [1.29, 1.82) is 0 Å². The van der Waals surface area contributed by atoms with Crippen LogP contribution in [0.2, 0.25) is 5.02 Å². The lowest BCUT2D eigenvalue weighted by Crippen LogP contribution is -2.41. The zero-order chi connectivity index (χ0) is 29.9. The fourth-order valence-electron chi connectivity index (χ4n) is 4.40. The number of alkyl halides is 3. The molecule has 0 aliphatic heterocycles. The molecule has 10 nitrogen and oxygen atoms in total. The molecule has 0 saturated carbocycles. The van der Waals surface area contributed by atoms with Crippen molar-refractivity contribution < 1.29 is 27.4 Å². The maximum absolute atomic E-state index is 13.6. The molecular weight excluding hydrogens is 567 g/mol. The average Bonchev–Trinajstić information content (AvgIpc) is 3.23. The summed E-state index contributed by atoms with van der Waals surface area (Å²) in [5, 5.41) is 0.551. The summed E-state index contributed by atoms with van der Waals surface area (Å²) in [5.74, 6) is -0.358. The van der Waals surface area contributed by atoms with Gasteiger partial charge in [-0.05, 0) is 57.3 Å². The van der Waals surface area contributed by atoms with Crippen LogP contribution in [0.3, 0.4) is 0 Å². The molecule has 1 aliphatic carbocycles. The number of likely N-dealkylation sites (N-methyl/N-ethyl adjacent to an activating group) is 1. The van der Waals surface area contributed by atoms with E-state index < -0.39 is 23.2 Å². The molecule has 0 fully saturated rings. The fourth-order valence-corrected chi connectivity index (χ4v) is 4.53. The van der Waals surface area contributed by atoms with Gasteiger partial charge in [0.2, 0.25) is 0 Å². The minimum Gasteiger partial charge on any atom is -0.462 e. The maximum Gasteiger partial charge on any atom is 0.573 e. The molecule has 1 aromatic carbocycles. The maximum atomic E-state index is 13.6. The second-order valence-electron chi connectivity index (χ2n) is 10.1. The van der Waals surface area contributed by atoms with Gasteiger partial charge in [0.05, 0.1) is 18.8 Å². The smallest absolute Gasteiger partial charge is 0.462 e. The summed E-state index contributed by atoms with van der Waals surface area (Å²) in [6, 6.07) is 7.13. The molecule has 222 valence electrons. The number of allylic oxidation sites excluding steroid dienone is 1. The predicted octanol–water partition coefficient (Wildman–Crippen LogP) is 3.69.